The van der Waals surface area contributed by atoms with Crippen LogP contribution in [0.2, 0.25) is 0 Å². The number of allylic oxidation sites excluding steroid dienone is 2. The predicted octanol–water partition coefficient (Wildman–Crippen LogP) is 6.80. The summed E-state index contributed by atoms with van der Waals surface area (Å²) in [4.78, 5) is 14.6. The third-order valence-electron chi connectivity index (χ3n) is 5.56. The van der Waals surface area contributed by atoms with Gasteiger partial charge in [-0.15, -0.1) is 0 Å². The molecule has 32 heavy (non-hydrogen) atoms. The molecule has 0 bridgehead atoms. The highest BCUT2D eigenvalue weighted by Crippen LogP contribution is 2.36. The highest BCUT2D eigenvalue weighted by atomic mass is 16.3. The van der Waals surface area contributed by atoms with Crippen LogP contribution < -0.4 is 0 Å². The monoisotopic (exact) mass is 413 g/mol. The fourth-order valence-corrected chi connectivity index (χ4v) is 4.02. The van der Waals surface area contributed by atoms with E-state index in [9.17, 15) is 0 Å². The molecule has 1 aliphatic rings. The molecule has 0 N–H and O–H groups in total. The molecule has 0 amide bonds. The van der Waals surface area contributed by atoms with E-state index in [1.165, 1.54) is 0 Å². The van der Waals surface area contributed by atoms with Gasteiger partial charge in [0.05, 0.1) is 5.57 Å². The van der Waals surface area contributed by atoms with Gasteiger partial charge in [0.25, 0.3) is 0 Å². The number of rotatable bonds is 3. The second kappa shape index (κ2) is 7.75. The van der Waals surface area contributed by atoms with Gasteiger partial charge in [-0.05, 0) is 12.5 Å². The molecule has 152 valence electrons. The molecule has 0 radical (unpaired) electrons. The summed E-state index contributed by atoms with van der Waals surface area (Å²) < 4.78 is 6.31. The Bertz CT molecular complexity index is 1420. The molecule has 0 atom stereocenters. The lowest BCUT2D eigenvalue weighted by Gasteiger charge is -2.10. The maximum atomic E-state index is 6.31. The Kier molecular flexibility index (Phi) is 4.47. The Balaban J connectivity index is 1.58. The quantitative estimate of drug-likeness (QED) is 0.326. The zero-order chi connectivity index (χ0) is 21.3. The lowest BCUT2D eigenvalue weighted by molar-refractivity contribution is 0.598. The molecule has 2 heterocycles. The summed E-state index contributed by atoms with van der Waals surface area (Å²) in [6.07, 6.45) is 7.18. The van der Waals surface area contributed by atoms with Crippen LogP contribution in [0.1, 0.15) is 23.6 Å². The number of aromatic nitrogens is 3. The van der Waals surface area contributed by atoms with Crippen molar-refractivity contribution in [3.05, 3.63) is 114 Å². The van der Waals surface area contributed by atoms with Crippen LogP contribution in [0.25, 0.3) is 45.4 Å². The minimum Gasteiger partial charge on any atom is -0.455 e. The van der Waals surface area contributed by atoms with E-state index >= 15 is 0 Å². The van der Waals surface area contributed by atoms with Gasteiger partial charge in [-0.25, -0.2) is 15.0 Å². The standard InChI is InChI=1S/C28H19N3O/c1-3-11-19(12-4-1)26-29-27(20-13-5-2-6-14-20)31-28(30-26)23-17-8-7-16-22-21-15-9-10-18-24(21)32-25(22)23/h1-7,9-18H,8H2. The van der Waals surface area contributed by atoms with Crippen molar-refractivity contribution in [1.29, 1.82) is 0 Å². The van der Waals surface area contributed by atoms with Gasteiger partial charge in [0.2, 0.25) is 0 Å². The lowest BCUT2D eigenvalue weighted by Crippen LogP contribution is -2.03. The van der Waals surface area contributed by atoms with Crippen LogP contribution in [0.15, 0.2) is 101 Å². The highest BCUT2D eigenvalue weighted by molar-refractivity contribution is 5.95. The summed E-state index contributed by atoms with van der Waals surface area (Å²) in [7, 11) is 0. The van der Waals surface area contributed by atoms with E-state index in [-0.39, 0.29) is 0 Å². The zero-order valence-corrected chi connectivity index (χ0v) is 17.3. The first-order chi connectivity index (χ1) is 15.9. The summed E-state index contributed by atoms with van der Waals surface area (Å²) in [5.74, 6) is 2.70. The van der Waals surface area contributed by atoms with Gasteiger partial charge in [0, 0.05) is 22.1 Å². The van der Waals surface area contributed by atoms with E-state index in [2.05, 4.69) is 24.3 Å². The molecule has 6 rings (SSSR count). The molecule has 4 nitrogen and oxygen atoms in total. The van der Waals surface area contributed by atoms with Crippen molar-refractivity contribution in [1.82, 2.24) is 15.0 Å². The third kappa shape index (κ3) is 3.22. The van der Waals surface area contributed by atoms with Crippen molar-refractivity contribution in [3.8, 4) is 22.8 Å². The molecule has 0 spiro atoms. The van der Waals surface area contributed by atoms with E-state index < -0.39 is 0 Å². The number of furan rings is 1. The molecule has 0 fully saturated rings. The second-order valence-electron chi connectivity index (χ2n) is 7.64. The Morgan fingerprint density at radius 2 is 1.22 bits per heavy atom. The molecular formula is C28H19N3O. The molecule has 0 aliphatic heterocycles. The minimum absolute atomic E-state index is 0.613. The van der Waals surface area contributed by atoms with Crippen LogP contribution in [0.3, 0.4) is 0 Å². The number of fused-ring (bicyclic) bond motifs is 3. The van der Waals surface area contributed by atoms with Crippen LogP contribution in [-0.2, 0) is 0 Å². The number of para-hydroxylation sites is 1. The Hall–Kier alpha value is -4.31. The van der Waals surface area contributed by atoms with Gasteiger partial charge >= 0.3 is 0 Å². The van der Waals surface area contributed by atoms with Crippen molar-refractivity contribution in [2.75, 3.05) is 0 Å². The minimum atomic E-state index is 0.613. The molecule has 3 aromatic carbocycles. The summed E-state index contributed by atoms with van der Waals surface area (Å²) in [5, 5.41) is 1.09. The van der Waals surface area contributed by atoms with Crippen molar-refractivity contribution in [2.24, 2.45) is 0 Å². The number of nitrogens with zero attached hydrogens (tertiary/aromatic N) is 3. The number of benzene rings is 3. The van der Waals surface area contributed by atoms with Gasteiger partial charge in [-0.1, -0.05) is 97.1 Å². The maximum absolute atomic E-state index is 6.31. The van der Waals surface area contributed by atoms with Crippen LogP contribution in [0.5, 0.6) is 0 Å². The van der Waals surface area contributed by atoms with Crippen molar-refractivity contribution < 1.29 is 4.42 Å². The maximum Gasteiger partial charge on any atom is 0.167 e. The fraction of sp³-hybridized carbons (Fsp3) is 0.0357. The van der Waals surface area contributed by atoms with Gasteiger partial charge in [0.15, 0.2) is 17.5 Å². The average molecular weight is 413 g/mol. The molecule has 0 saturated carbocycles. The zero-order valence-electron chi connectivity index (χ0n) is 17.3. The second-order valence-corrected chi connectivity index (χ2v) is 7.64. The molecule has 0 unspecified atom stereocenters. The van der Waals surface area contributed by atoms with Crippen LogP contribution >= 0.6 is 0 Å². The Labute approximate surface area is 185 Å². The molecule has 5 aromatic rings. The first-order valence-electron chi connectivity index (χ1n) is 10.6. The van der Waals surface area contributed by atoms with E-state index in [0.717, 1.165) is 45.4 Å². The topological polar surface area (TPSA) is 51.8 Å². The predicted molar refractivity (Wildman–Crippen MR) is 128 cm³/mol. The van der Waals surface area contributed by atoms with Gasteiger partial charge < -0.3 is 4.42 Å². The summed E-state index contributed by atoms with van der Waals surface area (Å²) >= 11 is 0. The van der Waals surface area contributed by atoms with Crippen molar-refractivity contribution >= 4 is 22.6 Å². The third-order valence-corrected chi connectivity index (χ3v) is 5.56. The van der Waals surface area contributed by atoms with Gasteiger partial charge in [-0.3, -0.25) is 0 Å². The normalized spacial score (nSPS) is 12.9. The van der Waals surface area contributed by atoms with Gasteiger partial charge in [0.1, 0.15) is 11.3 Å². The smallest absolute Gasteiger partial charge is 0.167 e. The Morgan fingerprint density at radius 1 is 0.625 bits per heavy atom. The SMILES string of the molecule is C1=Cc2c(oc3ccccc23)C(c2nc(-c3ccccc3)nc(-c3ccccc3)n2)=CC1. The number of hydrogen-bond donors (Lipinski definition) is 0. The average Bonchev–Trinajstić information content (AvgIpc) is 3.10. The van der Waals surface area contributed by atoms with Crippen molar-refractivity contribution in [2.45, 2.75) is 6.42 Å². The van der Waals surface area contributed by atoms with Crippen LogP contribution in [0.4, 0.5) is 0 Å². The van der Waals surface area contributed by atoms with E-state index in [1.807, 2.05) is 78.9 Å². The van der Waals surface area contributed by atoms with Crippen LogP contribution in [-0.4, -0.2) is 15.0 Å². The summed E-state index contributed by atoms with van der Waals surface area (Å²) in [5.41, 5.74) is 4.71. The molecule has 0 saturated heterocycles. The largest absolute Gasteiger partial charge is 0.455 e. The van der Waals surface area contributed by atoms with E-state index in [1.54, 1.807) is 0 Å². The van der Waals surface area contributed by atoms with Gasteiger partial charge in [-0.2, -0.15) is 0 Å². The van der Waals surface area contributed by atoms with Crippen molar-refractivity contribution in [3.63, 3.8) is 0 Å². The fourth-order valence-electron chi connectivity index (χ4n) is 4.02. The highest BCUT2D eigenvalue weighted by Gasteiger charge is 2.22. The van der Waals surface area contributed by atoms with E-state index in [0.29, 0.717) is 17.5 Å². The molecule has 4 heteroatoms. The first-order valence-corrected chi connectivity index (χ1v) is 10.6. The molecule has 2 aromatic heterocycles. The number of hydrogen-bond acceptors (Lipinski definition) is 4. The van der Waals surface area contributed by atoms with Crippen LogP contribution in [0, 0.1) is 0 Å². The first kappa shape index (κ1) is 18.5. The summed E-state index contributed by atoms with van der Waals surface area (Å²) in [6.45, 7) is 0. The molecular weight excluding hydrogens is 394 g/mol. The Morgan fingerprint density at radius 3 is 1.91 bits per heavy atom. The summed E-state index contributed by atoms with van der Waals surface area (Å²) in [6, 6.07) is 28.1. The lowest BCUT2D eigenvalue weighted by atomic mass is 10.1. The molecule has 1 aliphatic carbocycles. The van der Waals surface area contributed by atoms with E-state index in [4.69, 9.17) is 19.4 Å².